The lowest BCUT2D eigenvalue weighted by molar-refractivity contribution is -0.118. The maximum Gasteiger partial charge on any atom is 0.271 e. The third-order valence-corrected chi connectivity index (χ3v) is 4.55. The van der Waals surface area contributed by atoms with Crippen molar-refractivity contribution in [2.75, 3.05) is 24.9 Å². The zero-order valence-electron chi connectivity index (χ0n) is 16.3. The minimum atomic E-state index is -0.745. The van der Waals surface area contributed by atoms with Crippen LogP contribution in [0.3, 0.4) is 0 Å². The van der Waals surface area contributed by atoms with Gasteiger partial charge < -0.3 is 31.6 Å². The normalized spacial score (nSPS) is 14.0. The van der Waals surface area contributed by atoms with Gasteiger partial charge in [-0.1, -0.05) is 12.8 Å². The number of rotatable bonds is 10. The zero-order valence-corrected chi connectivity index (χ0v) is 16.3. The number of nitrogens with one attached hydrogen (secondary N) is 2. The Morgan fingerprint density at radius 3 is 2.34 bits per heavy atom. The highest BCUT2D eigenvalue weighted by Gasteiger charge is 2.28. The average molecular weight is 400 g/mol. The van der Waals surface area contributed by atoms with Crippen LogP contribution in [-0.4, -0.2) is 42.0 Å². The largest absolute Gasteiger partial charge is 0.497 e. The van der Waals surface area contributed by atoms with Crippen LogP contribution in [0.4, 0.5) is 17.3 Å². The molecule has 2 aromatic rings. The van der Waals surface area contributed by atoms with Crippen molar-refractivity contribution in [3.63, 3.8) is 0 Å². The average Bonchev–Trinajstić information content (AvgIpc) is 3.51. The number of primary amides is 2. The Labute approximate surface area is 168 Å². The SMILES string of the molecule is COc1cc(Nc2nc(N[C@H](CC3CC3)C(N)=O)cnc2C(N)=O)cc(OC)c1. The van der Waals surface area contributed by atoms with Crippen molar-refractivity contribution in [1.29, 1.82) is 0 Å². The topological polar surface area (TPSA) is 154 Å². The molecule has 0 unspecified atom stereocenters. The number of aromatic nitrogens is 2. The Hall–Kier alpha value is -3.56. The van der Waals surface area contributed by atoms with Crippen LogP contribution < -0.4 is 31.6 Å². The number of ether oxygens (including phenoxy) is 2. The molecule has 6 N–H and O–H groups in total. The highest BCUT2D eigenvalue weighted by molar-refractivity contribution is 5.96. The molecule has 1 aliphatic rings. The number of hydrogen-bond acceptors (Lipinski definition) is 8. The molecular weight excluding hydrogens is 376 g/mol. The monoisotopic (exact) mass is 400 g/mol. The van der Waals surface area contributed by atoms with Gasteiger partial charge in [0, 0.05) is 23.9 Å². The summed E-state index contributed by atoms with van der Waals surface area (Å²) in [5, 5.41) is 6.01. The van der Waals surface area contributed by atoms with E-state index in [1.165, 1.54) is 20.4 Å². The number of hydrogen-bond donors (Lipinski definition) is 4. The first-order valence-corrected chi connectivity index (χ1v) is 9.12. The van der Waals surface area contributed by atoms with Crippen molar-refractivity contribution in [2.45, 2.75) is 25.3 Å². The van der Waals surface area contributed by atoms with Crippen molar-refractivity contribution in [2.24, 2.45) is 17.4 Å². The minimum absolute atomic E-state index is 0.0462. The van der Waals surface area contributed by atoms with Gasteiger partial charge in [0.1, 0.15) is 23.4 Å². The van der Waals surface area contributed by atoms with E-state index in [1.54, 1.807) is 18.2 Å². The van der Waals surface area contributed by atoms with Crippen LogP contribution in [0.5, 0.6) is 11.5 Å². The lowest BCUT2D eigenvalue weighted by Gasteiger charge is -2.17. The van der Waals surface area contributed by atoms with E-state index in [9.17, 15) is 9.59 Å². The lowest BCUT2D eigenvalue weighted by atomic mass is 10.1. The number of carbonyl (C=O) groups is 2. The highest BCUT2D eigenvalue weighted by atomic mass is 16.5. The molecule has 10 heteroatoms. The first kappa shape index (κ1) is 20.2. The summed E-state index contributed by atoms with van der Waals surface area (Å²) >= 11 is 0. The van der Waals surface area contributed by atoms with Gasteiger partial charge in [0.25, 0.3) is 5.91 Å². The second kappa shape index (κ2) is 8.63. The van der Waals surface area contributed by atoms with Crippen LogP contribution >= 0.6 is 0 Å². The molecule has 3 rings (SSSR count). The molecule has 2 amide bonds. The van der Waals surface area contributed by atoms with Crippen molar-refractivity contribution >= 4 is 29.1 Å². The molecule has 0 aliphatic heterocycles. The number of methoxy groups -OCH3 is 2. The molecule has 0 saturated heterocycles. The second-order valence-electron chi connectivity index (χ2n) is 6.82. The van der Waals surface area contributed by atoms with E-state index >= 15 is 0 Å². The van der Waals surface area contributed by atoms with E-state index in [0.717, 1.165) is 12.8 Å². The smallest absolute Gasteiger partial charge is 0.271 e. The number of anilines is 3. The summed E-state index contributed by atoms with van der Waals surface area (Å²) in [7, 11) is 3.06. The number of amides is 2. The van der Waals surface area contributed by atoms with E-state index < -0.39 is 17.9 Å². The van der Waals surface area contributed by atoms with Crippen molar-refractivity contribution in [3.05, 3.63) is 30.1 Å². The van der Waals surface area contributed by atoms with Crippen molar-refractivity contribution < 1.29 is 19.1 Å². The van der Waals surface area contributed by atoms with Crippen LogP contribution in [0.1, 0.15) is 29.8 Å². The van der Waals surface area contributed by atoms with E-state index in [2.05, 4.69) is 20.6 Å². The van der Waals surface area contributed by atoms with Gasteiger partial charge in [-0.25, -0.2) is 9.97 Å². The molecule has 0 bridgehead atoms. The van der Waals surface area contributed by atoms with Gasteiger partial charge in [0.2, 0.25) is 5.91 Å². The third kappa shape index (κ3) is 5.24. The standard InChI is InChI=1S/C19H24N6O4/c1-28-12-6-11(7-13(8-12)29-2)23-19-16(18(21)27)22-9-15(25-19)24-14(17(20)26)5-10-3-4-10/h6-10,14H,3-5H2,1-2H3,(H2,20,26)(H2,21,27)(H2,23,24,25)/t14-/m1/s1. The van der Waals surface area contributed by atoms with Crippen LogP contribution in [-0.2, 0) is 4.79 Å². The molecule has 1 aliphatic carbocycles. The predicted octanol–water partition coefficient (Wildman–Crippen LogP) is 1.40. The Morgan fingerprint density at radius 2 is 1.83 bits per heavy atom. The van der Waals surface area contributed by atoms with E-state index in [4.69, 9.17) is 20.9 Å². The molecule has 1 saturated carbocycles. The Balaban J connectivity index is 1.89. The summed E-state index contributed by atoms with van der Waals surface area (Å²) in [5.41, 5.74) is 11.4. The molecule has 1 atom stereocenters. The van der Waals surface area contributed by atoms with Gasteiger partial charge in [-0.15, -0.1) is 0 Å². The molecule has 1 aromatic heterocycles. The Kier molecular flexibility index (Phi) is 6.01. The number of nitrogens with zero attached hydrogens (tertiary/aromatic N) is 2. The van der Waals surface area contributed by atoms with Crippen molar-refractivity contribution in [3.8, 4) is 11.5 Å². The summed E-state index contributed by atoms with van der Waals surface area (Å²) in [4.78, 5) is 32.0. The summed E-state index contributed by atoms with van der Waals surface area (Å²) in [6.45, 7) is 0. The van der Waals surface area contributed by atoms with E-state index in [-0.39, 0.29) is 11.5 Å². The van der Waals surface area contributed by atoms with Crippen molar-refractivity contribution in [1.82, 2.24) is 9.97 Å². The molecule has 0 spiro atoms. The predicted molar refractivity (Wildman–Crippen MR) is 107 cm³/mol. The lowest BCUT2D eigenvalue weighted by Crippen LogP contribution is -2.36. The summed E-state index contributed by atoms with van der Waals surface area (Å²) in [6, 6.07) is 4.54. The third-order valence-electron chi connectivity index (χ3n) is 4.55. The highest BCUT2D eigenvalue weighted by Crippen LogP contribution is 2.34. The first-order valence-electron chi connectivity index (χ1n) is 9.12. The van der Waals surface area contributed by atoms with E-state index in [0.29, 0.717) is 35.3 Å². The van der Waals surface area contributed by atoms with Crippen LogP contribution in [0.15, 0.2) is 24.4 Å². The minimum Gasteiger partial charge on any atom is -0.497 e. The number of nitrogens with two attached hydrogens (primary N) is 2. The number of benzene rings is 1. The van der Waals surface area contributed by atoms with Crippen LogP contribution in [0, 0.1) is 5.92 Å². The quantitative estimate of drug-likeness (QED) is 0.466. The van der Waals surface area contributed by atoms with Crippen LogP contribution in [0.25, 0.3) is 0 Å². The Bertz CT molecular complexity index is 893. The maximum atomic E-state index is 11.8. The Morgan fingerprint density at radius 1 is 1.17 bits per heavy atom. The molecule has 1 heterocycles. The number of carbonyl (C=O) groups excluding carboxylic acids is 2. The zero-order chi connectivity index (χ0) is 21.0. The van der Waals surface area contributed by atoms with Gasteiger partial charge in [-0.05, 0) is 12.3 Å². The maximum absolute atomic E-state index is 11.8. The van der Waals surface area contributed by atoms with Gasteiger partial charge in [-0.2, -0.15) is 0 Å². The molecule has 154 valence electrons. The summed E-state index contributed by atoms with van der Waals surface area (Å²) in [5.74, 6) is 0.806. The molecule has 29 heavy (non-hydrogen) atoms. The van der Waals surface area contributed by atoms with E-state index in [1.807, 2.05) is 0 Å². The molecule has 1 aromatic carbocycles. The van der Waals surface area contributed by atoms with Gasteiger partial charge in [-0.3, -0.25) is 9.59 Å². The van der Waals surface area contributed by atoms with Gasteiger partial charge >= 0.3 is 0 Å². The first-order chi connectivity index (χ1) is 13.9. The fourth-order valence-corrected chi connectivity index (χ4v) is 2.85. The molecule has 10 nitrogen and oxygen atoms in total. The fraction of sp³-hybridized carbons (Fsp3) is 0.368. The molecule has 1 fully saturated rings. The van der Waals surface area contributed by atoms with Gasteiger partial charge in [0.05, 0.1) is 20.4 Å². The summed E-state index contributed by atoms with van der Waals surface area (Å²) < 4.78 is 10.5. The van der Waals surface area contributed by atoms with Crippen LogP contribution in [0.2, 0.25) is 0 Å². The second-order valence-corrected chi connectivity index (χ2v) is 6.82. The fourth-order valence-electron chi connectivity index (χ4n) is 2.85. The van der Waals surface area contributed by atoms with Gasteiger partial charge in [0.15, 0.2) is 11.5 Å². The summed E-state index contributed by atoms with van der Waals surface area (Å²) in [6.07, 6.45) is 4.15. The molecule has 0 radical (unpaired) electrons. The molecular formula is C19H24N6O4.